The number of alkyl carbamates (subject to hydrolysis) is 1. The van der Waals surface area contributed by atoms with Crippen LogP contribution in [0, 0.1) is 0 Å². The molecule has 2 amide bonds. The highest BCUT2D eigenvalue weighted by molar-refractivity contribution is 7.89. The largest absolute Gasteiger partial charge is 0.462 e. The van der Waals surface area contributed by atoms with Gasteiger partial charge in [0.15, 0.2) is 6.04 Å². The number of hydrogen-bond donors (Lipinski definition) is 1. The van der Waals surface area contributed by atoms with Gasteiger partial charge >= 0.3 is 18.2 Å². The predicted molar refractivity (Wildman–Crippen MR) is 206 cm³/mol. The van der Waals surface area contributed by atoms with Gasteiger partial charge in [-0.1, -0.05) is 77.3 Å². The molecule has 0 aromatic heterocycles. The van der Waals surface area contributed by atoms with Crippen LogP contribution in [-0.4, -0.2) is 118 Å². The number of rotatable bonds is 18. The number of hydrogen-bond acceptors (Lipinski definition) is 11. The van der Waals surface area contributed by atoms with E-state index in [1.807, 2.05) is 81.4 Å². The van der Waals surface area contributed by atoms with Crippen LogP contribution in [0.2, 0.25) is 0 Å². The van der Waals surface area contributed by atoms with E-state index in [-0.39, 0.29) is 43.8 Å². The van der Waals surface area contributed by atoms with Gasteiger partial charge in [0.05, 0.1) is 30.8 Å². The topological polar surface area (TPSA) is 153 Å². The van der Waals surface area contributed by atoms with Gasteiger partial charge in [-0.05, 0) is 69.9 Å². The Morgan fingerprint density at radius 3 is 2.05 bits per heavy atom. The number of sulfonamides is 1. The molecule has 1 aliphatic heterocycles. The minimum atomic E-state index is -4.45. The second-order valence-electron chi connectivity index (χ2n) is 14.2. The Morgan fingerprint density at radius 1 is 0.818 bits per heavy atom. The summed E-state index contributed by atoms with van der Waals surface area (Å²) in [6.07, 6.45) is -1.79. The average molecular weight is 783 g/mol. The number of amides is 2. The van der Waals surface area contributed by atoms with E-state index >= 15 is 0 Å². The Morgan fingerprint density at radius 2 is 1.44 bits per heavy atom. The van der Waals surface area contributed by atoms with Crippen molar-refractivity contribution < 1.29 is 46.6 Å². The fourth-order valence-electron chi connectivity index (χ4n) is 5.55. The molecule has 0 unspecified atom stereocenters. The molecule has 1 heterocycles. The minimum absolute atomic E-state index is 0.0207. The van der Waals surface area contributed by atoms with Crippen molar-refractivity contribution in [1.29, 1.82) is 0 Å². The quantitative estimate of drug-likeness (QED) is 0.0756. The summed E-state index contributed by atoms with van der Waals surface area (Å²) in [5, 5.41) is 2.59. The first-order valence-corrected chi connectivity index (χ1v) is 19.9. The molecule has 0 saturated carbocycles. The summed E-state index contributed by atoms with van der Waals surface area (Å²) in [5.41, 5.74) is 1.95. The number of ether oxygens (including phenoxy) is 4. The molecule has 3 aromatic carbocycles. The molecule has 15 heteroatoms. The number of piperazine rings is 1. The lowest BCUT2D eigenvalue weighted by Crippen LogP contribution is -2.50. The van der Waals surface area contributed by atoms with Gasteiger partial charge in [0.1, 0.15) is 12.2 Å². The average Bonchev–Trinajstić information content (AvgIpc) is 3.16. The predicted octanol–water partition coefficient (Wildman–Crippen LogP) is 5.48. The van der Waals surface area contributed by atoms with Crippen molar-refractivity contribution in [3.8, 4) is 11.1 Å². The molecule has 0 bridgehead atoms. The lowest BCUT2D eigenvalue weighted by molar-refractivity contribution is -0.174. The second-order valence-corrected chi connectivity index (χ2v) is 16.0. The maximum Gasteiger partial charge on any atom is 0.410 e. The molecule has 300 valence electrons. The molecule has 1 N–H and O–H groups in total. The number of esters is 1. The summed E-state index contributed by atoms with van der Waals surface area (Å²) in [5.74, 6) is -0.842. The zero-order valence-electron chi connectivity index (χ0n) is 32.3. The van der Waals surface area contributed by atoms with Crippen molar-refractivity contribution in [1.82, 2.24) is 19.6 Å². The van der Waals surface area contributed by atoms with Gasteiger partial charge in [0, 0.05) is 39.3 Å². The van der Waals surface area contributed by atoms with Crippen molar-refractivity contribution in [3.05, 3.63) is 90.5 Å². The number of carbonyl (C=O) groups excluding carboxylic acids is 3. The zero-order valence-corrected chi connectivity index (χ0v) is 33.2. The molecule has 0 radical (unpaired) electrons. The first-order valence-electron chi connectivity index (χ1n) is 18.5. The molecular weight excluding hydrogens is 729 g/mol. The van der Waals surface area contributed by atoms with Gasteiger partial charge < -0.3 is 29.2 Å². The van der Waals surface area contributed by atoms with E-state index in [2.05, 4.69) is 10.2 Å². The summed E-state index contributed by atoms with van der Waals surface area (Å²) < 4.78 is 51.2. The van der Waals surface area contributed by atoms with E-state index in [0.29, 0.717) is 43.8 Å². The third-order valence-corrected chi connectivity index (χ3v) is 10.00. The van der Waals surface area contributed by atoms with E-state index in [1.165, 1.54) is 12.1 Å². The van der Waals surface area contributed by atoms with Gasteiger partial charge in [-0.2, -0.15) is 0 Å². The normalized spacial score (nSPS) is 14.4. The van der Waals surface area contributed by atoms with Crippen molar-refractivity contribution in [2.75, 3.05) is 59.1 Å². The second kappa shape index (κ2) is 20.9. The van der Waals surface area contributed by atoms with Crippen LogP contribution < -0.4 is 5.32 Å². The first-order chi connectivity index (χ1) is 26.2. The molecular formula is C40H54N4O10S. The number of benzene rings is 3. The molecule has 1 saturated heterocycles. The third-order valence-electron chi connectivity index (χ3n) is 8.30. The summed E-state index contributed by atoms with van der Waals surface area (Å²) in [4.78, 5) is 48.1. The lowest BCUT2D eigenvalue weighted by Gasteiger charge is -2.35. The van der Waals surface area contributed by atoms with Gasteiger partial charge in [0.25, 0.3) is 10.0 Å². The summed E-state index contributed by atoms with van der Waals surface area (Å²) >= 11 is 0. The fourth-order valence-corrected chi connectivity index (χ4v) is 6.98. The summed E-state index contributed by atoms with van der Waals surface area (Å²) in [7, 11) is -4.45. The maximum absolute atomic E-state index is 14.2. The molecule has 4 rings (SSSR count). The van der Waals surface area contributed by atoms with Crippen LogP contribution in [0.25, 0.3) is 11.1 Å². The zero-order chi connectivity index (χ0) is 39.8. The monoisotopic (exact) mass is 782 g/mol. The van der Waals surface area contributed by atoms with Crippen LogP contribution in [0.4, 0.5) is 9.59 Å². The minimum Gasteiger partial charge on any atom is -0.462 e. The first kappa shape index (κ1) is 43.2. The smallest absolute Gasteiger partial charge is 0.410 e. The molecule has 0 aliphatic carbocycles. The molecule has 1 fully saturated rings. The van der Waals surface area contributed by atoms with Crippen LogP contribution in [0.3, 0.4) is 0 Å². The Labute approximate surface area is 324 Å². The third kappa shape index (κ3) is 14.2. The van der Waals surface area contributed by atoms with Crippen LogP contribution in [0.5, 0.6) is 0 Å². The standard InChI is InChI=1S/C40H54N4O10S/c1-31(2)53-37(45)36(20-21-41-38(46)51-30-32-12-8-6-9-13-32)44(55(48,49)35-18-16-34(17-19-35)33-14-10-7-11-15-33)52-29-28-50-27-26-42-22-24-43(25-23-42)39(47)54-40(3,4)5/h6-19,31,36H,20-30H2,1-5H3,(H,41,46)/t36-/m1/s1. The number of nitrogens with one attached hydrogen (secondary N) is 1. The van der Waals surface area contributed by atoms with Crippen molar-refractivity contribution in [2.45, 2.75) is 70.3 Å². The van der Waals surface area contributed by atoms with Gasteiger partial charge in [-0.15, -0.1) is 0 Å². The lowest BCUT2D eigenvalue weighted by atomic mass is 10.1. The SMILES string of the molecule is CC(C)OC(=O)[C@@H](CCNC(=O)OCc1ccccc1)N(OCCOCCN1CCN(C(=O)OC(C)(C)C)CC1)S(=O)(=O)c1ccc(-c2ccccc2)cc1. The van der Waals surface area contributed by atoms with Crippen LogP contribution in [0.1, 0.15) is 46.6 Å². The van der Waals surface area contributed by atoms with Crippen molar-refractivity contribution in [2.24, 2.45) is 0 Å². The molecule has 0 spiro atoms. The van der Waals surface area contributed by atoms with Gasteiger partial charge in [-0.3, -0.25) is 14.5 Å². The van der Waals surface area contributed by atoms with Gasteiger partial charge in [0.2, 0.25) is 0 Å². The molecule has 1 aliphatic rings. The number of carbonyl (C=O) groups is 3. The Hall–Kier alpha value is -4.54. The van der Waals surface area contributed by atoms with Crippen LogP contribution in [-0.2, 0) is 45.2 Å². The van der Waals surface area contributed by atoms with Crippen molar-refractivity contribution >= 4 is 28.2 Å². The number of nitrogens with zero attached hydrogens (tertiary/aromatic N) is 3. The summed E-state index contributed by atoms with van der Waals surface area (Å²) in [6.45, 7) is 11.8. The van der Waals surface area contributed by atoms with Crippen LogP contribution >= 0.6 is 0 Å². The van der Waals surface area contributed by atoms with Gasteiger partial charge in [-0.25, -0.2) is 18.0 Å². The Balaban J connectivity index is 1.40. The van der Waals surface area contributed by atoms with E-state index in [0.717, 1.165) is 16.7 Å². The summed E-state index contributed by atoms with van der Waals surface area (Å²) in [6, 6.07) is 23.5. The molecule has 14 nitrogen and oxygen atoms in total. The maximum atomic E-state index is 14.2. The van der Waals surface area contributed by atoms with E-state index in [9.17, 15) is 22.8 Å². The van der Waals surface area contributed by atoms with Crippen molar-refractivity contribution in [3.63, 3.8) is 0 Å². The fraction of sp³-hybridized carbons (Fsp3) is 0.475. The van der Waals surface area contributed by atoms with Crippen LogP contribution in [0.15, 0.2) is 89.8 Å². The Bertz CT molecular complexity index is 1750. The Kier molecular flexibility index (Phi) is 16.5. The van der Waals surface area contributed by atoms with E-state index in [1.54, 1.807) is 30.9 Å². The highest BCUT2D eigenvalue weighted by Gasteiger charge is 2.39. The molecule has 3 aromatic rings. The van der Waals surface area contributed by atoms with E-state index in [4.69, 9.17) is 23.8 Å². The highest BCUT2D eigenvalue weighted by atomic mass is 32.2. The van der Waals surface area contributed by atoms with E-state index < -0.39 is 39.8 Å². The molecule has 1 atom stereocenters. The highest BCUT2D eigenvalue weighted by Crippen LogP contribution is 2.26. The number of hydroxylamine groups is 1. The molecule has 55 heavy (non-hydrogen) atoms.